The summed E-state index contributed by atoms with van der Waals surface area (Å²) in [6.45, 7) is 3.86. The van der Waals surface area contributed by atoms with Gasteiger partial charge >= 0.3 is 6.09 Å². The highest BCUT2D eigenvalue weighted by Crippen LogP contribution is 2.36. The zero-order valence-corrected chi connectivity index (χ0v) is 10.4. The molecule has 2 aromatic carbocycles. The minimum atomic E-state index is -0.527. The van der Waals surface area contributed by atoms with Crippen LogP contribution in [0.4, 0.5) is 4.79 Å². The second-order valence-corrected chi connectivity index (χ2v) is 5.14. The quantitative estimate of drug-likeness (QED) is 0.831. The first-order valence-corrected chi connectivity index (χ1v) is 6.05. The number of carbonyl (C=O) groups excluding carboxylic acids is 1. The summed E-state index contributed by atoms with van der Waals surface area (Å²) in [6, 6.07) is 14.2. The minimum Gasteiger partial charge on any atom is -0.441 e. The van der Waals surface area contributed by atoms with Crippen molar-refractivity contribution in [3.8, 4) is 0 Å². The molecule has 1 N–H and O–H groups in total. The van der Waals surface area contributed by atoms with Crippen LogP contribution in [0.5, 0.6) is 0 Å². The molecule has 0 spiro atoms. The SMILES string of the molecule is CC1(C)OC(=O)NC1c1cccc2ccccc12. The van der Waals surface area contributed by atoms with Crippen LogP contribution in [-0.4, -0.2) is 11.7 Å². The molecule has 18 heavy (non-hydrogen) atoms. The Morgan fingerprint density at radius 3 is 2.56 bits per heavy atom. The molecule has 1 fully saturated rings. The molecule has 0 radical (unpaired) electrons. The Bertz CT molecular complexity index is 613. The first-order chi connectivity index (χ1) is 8.58. The summed E-state index contributed by atoms with van der Waals surface area (Å²) < 4.78 is 5.31. The molecule has 3 heteroatoms. The Hall–Kier alpha value is -2.03. The molecule has 1 aliphatic rings. The van der Waals surface area contributed by atoms with Crippen LogP contribution < -0.4 is 5.32 Å². The van der Waals surface area contributed by atoms with Gasteiger partial charge in [-0.25, -0.2) is 4.79 Å². The van der Waals surface area contributed by atoms with Gasteiger partial charge in [-0.1, -0.05) is 42.5 Å². The van der Waals surface area contributed by atoms with E-state index < -0.39 is 5.60 Å². The number of cyclic esters (lactones) is 1. The number of amides is 1. The smallest absolute Gasteiger partial charge is 0.408 e. The van der Waals surface area contributed by atoms with Crippen LogP contribution in [0.15, 0.2) is 42.5 Å². The summed E-state index contributed by atoms with van der Waals surface area (Å²) >= 11 is 0. The predicted molar refractivity (Wildman–Crippen MR) is 70.4 cm³/mol. The summed E-state index contributed by atoms with van der Waals surface area (Å²) in [6.07, 6.45) is -0.349. The molecule has 1 saturated heterocycles. The number of alkyl carbamates (subject to hydrolysis) is 1. The van der Waals surface area contributed by atoms with Gasteiger partial charge in [-0.05, 0) is 30.2 Å². The molecule has 3 rings (SSSR count). The number of nitrogens with one attached hydrogen (secondary N) is 1. The van der Waals surface area contributed by atoms with E-state index in [0.29, 0.717) is 0 Å². The number of carbonyl (C=O) groups is 1. The molecule has 1 unspecified atom stereocenters. The molecule has 1 amide bonds. The minimum absolute atomic E-state index is 0.115. The maximum absolute atomic E-state index is 11.4. The number of rotatable bonds is 1. The van der Waals surface area contributed by atoms with Crippen LogP contribution in [0.3, 0.4) is 0 Å². The highest BCUT2D eigenvalue weighted by atomic mass is 16.6. The van der Waals surface area contributed by atoms with Crippen molar-refractivity contribution in [1.29, 1.82) is 0 Å². The Morgan fingerprint density at radius 2 is 1.83 bits per heavy atom. The van der Waals surface area contributed by atoms with E-state index in [0.717, 1.165) is 10.9 Å². The van der Waals surface area contributed by atoms with Crippen molar-refractivity contribution in [2.75, 3.05) is 0 Å². The van der Waals surface area contributed by atoms with Gasteiger partial charge in [-0.2, -0.15) is 0 Å². The predicted octanol–water partition coefficient (Wildman–Crippen LogP) is 3.40. The van der Waals surface area contributed by atoms with Crippen LogP contribution in [0.2, 0.25) is 0 Å². The number of fused-ring (bicyclic) bond motifs is 1. The van der Waals surface area contributed by atoms with Crippen molar-refractivity contribution in [3.05, 3.63) is 48.0 Å². The Kier molecular flexibility index (Phi) is 2.30. The molecule has 0 bridgehead atoms. The number of hydrogen-bond acceptors (Lipinski definition) is 2. The molecule has 1 aliphatic heterocycles. The van der Waals surface area contributed by atoms with E-state index in [9.17, 15) is 4.79 Å². The largest absolute Gasteiger partial charge is 0.441 e. The molecule has 0 saturated carbocycles. The Labute approximate surface area is 106 Å². The van der Waals surface area contributed by atoms with E-state index >= 15 is 0 Å². The van der Waals surface area contributed by atoms with Gasteiger partial charge in [-0.15, -0.1) is 0 Å². The monoisotopic (exact) mass is 241 g/mol. The highest BCUT2D eigenvalue weighted by Gasteiger charge is 2.42. The molecule has 2 aromatic rings. The third-order valence-corrected chi connectivity index (χ3v) is 3.45. The zero-order chi connectivity index (χ0) is 12.8. The lowest BCUT2D eigenvalue weighted by Gasteiger charge is -2.24. The fourth-order valence-corrected chi connectivity index (χ4v) is 2.57. The van der Waals surface area contributed by atoms with Crippen molar-refractivity contribution in [3.63, 3.8) is 0 Å². The van der Waals surface area contributed by atoms with Gasteiger partial charge in [0.05, 0.1) is 6.04 Å². The van der Waals surface area contributed by atoms with Crippen LogP contribution in [0, 0.1) is 0 Å². The number of hydrogen-bond donors (Lipinski definition) is 1. The summed E-state index contributed by atoms with van der Waals surface area (Å²) in [5, 5.41) is 5.22. The molecule has 0 aliphatic carbocycles. The van der Waals surface area contributed by atoms with Gasteiger partial charge < -0.3 is 10.1 Å². The van der Waals surface area contributed by atoms with Crippen molar-refractivity contribution < 1.29 is 9.53 Å². The molecule has 0 aromatic heterocycles. The maximum Gasteiger partial charge on any atom is 0.408 e. The fourth-order valence-electron chi connectivity index (χ4n) is 2.57. The van der Waals surface area contributed by atoms with Gasteiger partial charge in [-0.3, -0.25) is 0 Å². The third kappa shape index (κ3) is 1.63. The second kappa shape index (κ2) is 3.73. The van der Waals surface area contributed by atoms with Gasteiger partial charge in [0.2, 0.25) is 0 Å². The van der Waals surface area contributed by atoms with Crippen LogP contribution in [0.1, 0.15) is 25.5 Å². The van der Waals surface area contributed by atoms with E-state index in [1.54, 1.807) is 0 Å². The summed E-state index contributed by atoms with van der Waals surface area (Å²) in [4.78, 5) is 11.4. The van der Waals surface area contributed by atoms with E-state index in [1.165, 1.54) is 5.39 Å². The number of ether oxygens (including phenoxy) is 1. The van der Waals surface area contributed by atoms with Crippen molar-refractivity contribution in [2.45, 2.75) is 25.5 Å². The fraction of sp³-hybridized carbons (Fsp3) is 0.267. The number of benzene rings is 2. The normalized spacial score (nSPS) is 21.7. The molecule has 1 heterocycles. The van der Waals surface area contributed by atoms with Crippen molar-refractivity contribution >= 4 is 16.9 Å². The summed E-state index contributed by atoms with van der Waals surface area (Å²) in [5.41, 5.74) is 0.574. The molecule has 3 nitrogen and oxygen atoms in total. The average Bonchev–Trinajstić information content (AvgIpc) is 2.61. The van der Waals surface area contributed by atoms with Crippen molar-refractivity contribution in [2.24, 2.45) is 0 Å². The molecule has 1 atom stereocenters. The molecular weight excluding hydrogens is 226 g/mol. The van der Waals surface area contributed by atoms with E-state index in [-0.39, 0.29) is 12.1 Å². The third-order valence-electron chi connectivity index (χ3n) is 3.45. The van der Waals surface area contributed by atoms with E-state index in [4.69, 9.17) is 4.74 Å². The highest BCUT2D eigenvalue weighted by molar-refractivity contribution is 5.87. The lowest BCUT2D eigenvalue weighted by atomic mass is 9.89. The maximum atomic E-state index is 11.4. The summed E-state index contributed by atoms with van der Waals surface area (Å²) in [7, 11) is 0. The topological polar surface area (TPSA) is 38.3 Å². The standard InChI is InChI=1S/C15H15NO2/c1-15(2)13(16-14(17)18-15)12-9-5-7-10-6-3-4-8-11(10)12/h3-9,13H,1-2H3,(H,16,17). The van der Waals surface area contributed by atoms with Crippen LogP contribution >= 0.6 is 0 Å². The van der Waals surface area contributed by atoms with Crippen LogP contribution in [0.25, 0.3) is 10.8 Å². The average molecular weight is 241 g/mol. The van der Waals surface area contributed by atoms with Gasteiger partial charge in [0.15, 0.2) is 0 Å². The Morgan fingerprint density at radius 1 is 1.11 bits per heavy atom. The van der Waals surface area contributed by atoms with Gasteiger partial charge in [0.1, 0.15) is 5.60 Å². The van der Waals surface area contributed by atoms with Gasteiger partial charge in [0, 0.05) is 0 Å². The van der Waals surface area contributed by atoms with Crippen molar-refractivity contribution in [1.82, 2.24) is 5.32 Å². The lowest BCUT2D eigenvalue weighted by molar-refractivity contribution is 0.0686. The molecule has 92 valence electrons. The zero-order valence-electron chi connectivity index (χ0n) is 10.4. The summed E-state index contributed by atoms with van der Waals surface area (Å²) in [5.74, 6) is 0. The van der Waals surface area contributed by atoms with E-state index in [1.807, 2.05) is 38.1 Å². The Balaban J connectivity index is 2.18. The van der Waals surface area contributed by atoms with Crippen LogP contribution in [-0.2, 0) is 4.74 Å². The second-order valence-electron chi connectivity index (χ2n) is 5.14. The molecular formula is C15H15NO2. The first kappa shape index (κ1) is 11.1. The first-order valence-electron chi connectivity index (χ1n) is 6.05. The lowest BCUT2D eigenvalue weighted by Crippen LogP contribution is -2.30. The van der Waals surface area contributed by atoms with E-state index in [2.05, 4.69) is 23.5 Å². The van der Waals surface area contributed by atoms with Gasteiger partial charge in [0.25, 0.3) is 0 Å².